The molecule has 1 aromatic carbocycles. The van der Waals surface area contributed by atoms with Crippen molar-refractivity contribution in [3.8, 4) is 0 Å². The van der Waals surface area contributed by atoms with Crippen molar-refractivity contribution in [2.75, 3.05) is 0 Å². The standard InChI is InChI=1S/C20H23FN2O/c1-14-18(9-10-19(21)22-14)20(24)11-16-7-8-17(12-20)23(16)13-15-5-3-2-4-6-15/h2-6,9-10,16-17,24H,7-8,11-13H2,1H3. The number of benzene rings is 1. The highest BCUT2D eigenvalue weighted by Gasteiger charge is 2.48. The molecule has 2 aliphatic rings. The first-order valence-corrected chi connectivity index (χ1v) is 8.71. The number of nitrogens with zero attached hydrogens (tertiary/aromatic N) is 2. The predicted octanol–water partition coefficient (Wildman–Crippen LogP) is 3.54. The number of aliphatic hydroxyl groups is 1. The summed E-state index contributed by atoms with van der Waals surface area (Å²) in [6.45, 7) is 2.72. The van der Waals surface area contributed by atoms with Crippen molar-refractivity contribution >= 4 is 0 Å². The Balaban J connectivity index is 1.57. The highest BCUT2D eigenvalue weighted by molar-refractivity contribution is 5.29. The molecule has 0 aliphatic carbocycles. The van der Waals surface area contributed by atoms with E-state index in [9.17, 15) is 9.50 Å². The summed E-state index contributed by atoms with van der Waals surface area (Å²) < 4.78 is 13.3. The Morgan fingerprint density at radius 1 is 1.12 bits per heavy atom. The van der Waals surface area contributed by atoms with Crippen LogP contribution in [-0.4, -0.2) is 27.1 Å². The molecule has 2 fully saturated rings. The van der Waals surface area contributed by atoms with E-state index in [0.29, 0.717) is 30.6 Å². The minimum atomic E-state index is -0.885. The molecule has 2 bridgehead atoms. The van der Waals surface area contributed by atoms with Crippen LogP contribution in [0.1, 0.15) is 42.5 Å². The molecule has 24 heavy (non-hydrogen) atoms. The van der Waals surface area contributed by atoms with E-state index in [1.165, 1.54) is 11.6 Å². The van der Waals surface area contributed by atoms with Gasteiger partial charge < -0.3 is 5.11 Å². The van der Waals surface area contributed by atoms with E-state index in [1.54, 1.807) is 13.0 Å². The van der Waals surface area contributed by atoms with Crippen LogP contribution in [0.25, 0.3) is 0 Å². The van der Waals surface area contributed by atoms with Crippen molar-refractivity contribution in [2.24, 2.45) is 0 Å². The summed E-state index contributed by atoms with van der Waals surface area (Å²) in [5.74, 6) is -0.482. The first kappa shape index (κ1) is 15.7. The Bertz CT molecular complexity index is 720. The smallest absolute Gasteiger partial charge is 0.213 e. The van der Waals surface area contributed by atoms with Gasteiger partial charge in [-0.1, -0.05) is 30.3 Å². The highest BCUT2D eigenvalue weighted by Crippen LogP contribution is 2.46. The maximum absolute atomic E-state index is 13.3. The number of halogens is 1. The van der Waals surface area contributed by atoms with Crippen LogP contribution in [-0.2, 0) is 12.1 Å². The maximum atomic E-state index is 13.3. The number of hydrogen-bond acceptors (Lipinski definition) is 3. The van der Waals surface area contributed by atoms with Crippen LogP contribution in [0, 0.1) is 12.9 Å². The molecule has 1 aromatic heterocycles. The lowest BCUT2D eigenvalue weighted by atomic mass is 9.79. The Hall–Kier alpha value is -1.78. The summed E-state index contributed by atoms with van der Waals surface area (Å²) in [7, 11) is 0. The number of pyridine rings is 1. The fraction of sp³-hybridized carbons (Fsp3) is 0.450. The average molecular weight is 326 g/mol. The third kappa shape index (κ3) is 2.74. The van der Waals surface area contributed by atoms with Gasteiger partial charge in [-0.05, 0) is 50.3 Å². The molecule has 0 saturated carbocycles. The molecule has 2 unspecified atom stereocenters. The lowest BCUT2D eigenvalue weighted by Gasteiger charge is -2.44. The number of fused-ring (bicyclic) bond motifs is 2. The van der Waals surface area contributed by atoms with Crippen molar-refractivity contribution in [3.63, 3.8) is 0 Å². The van der Waals surface area contributed by atoms with Gasteiger partial charge in [0.15, 0.2) is 0 Å². The van der Waals surface area contributed by atoms with E-state index in [4.69, 9.17) is 0 Å². The van der Waals surface area contributed by atoms with Crippen LogP contribution < -0.4 is 0 Å². The van der Waals surface area contributed by atoms with E-state index in [1.807, 2.05) is 6.07 Å². The summed E-state index contributed by atoms with van der Waals surface area (Å²) in [6, 6.07) is 14.3. The molecule has 2 saturated heterocycles. The third-order valence-electron chi connectivity index (χ3n) is 5.68. The quantitative estimate of drug-likeness (QED) is 0.877. The van der Waals surface area contributed by atoms with Gasteiger partial charge in [-0.25, -0.2) is 4.98 Å². The van der Waals surface area contributed by atoms with Crippen LogP contribution in [0.3, 0.4) is 0 Å². The summed E-state index contributed by atoms with van der Waals surface area (Å²) in [5, 5.41) is 11.3. The van der Waals surface area contributed by atoms with Crippen molar-refractivity contribution < 1.29 is 9.50 Å². The molecule has 0 spiro atoms. The minimum absolute atomic E-state index is 0.374. The SMILES string of the molecule is Cc1nc(F)ccc1C1(O)CC2CCC(C1)N2Cc1ccccc1. The van der Waals surface area contributed by atoms with Gasteiger partial charge in [-0.2, -0.15) is 4.39 Å². The number of aryl methyl sites for hydroxylation is 1. The van der Waals surface area contributed by atoms with Gasteiger partial charge in [0.1, 0.15) is 0 Å². The average Bonchev–Trinajstić information content (AvgIpc) is 2.79. The van der Waals surface area contributed by atoms with Crippen LogP contribution >= 0.6 is 0 Å². The maximum Gasteiger partial charge on any atom is 0.213 e. The molecule has 3 heterocycles. The van der Waals surface area contributed by atoms with Crippen LogP contribution in [0.15, 0.2) is 42.5 Å². The molecular weight excluding hydrogens is 303 g/mol. The number of piperidine rings is 1. The molecule has 4 rings (SSSR count). The molecular formula is C20H23FN2O. The number of hydrogen-bond donors (Lipinski definition) is 1. The Morgan fingerprint density at radius 3 is 2.42 bits per heavy atom. The summed E-state index contributed by atoms with van der Waals surface area (Å²) >= 11 is 0. The Morgan fingerprint density at radius 2 is 1.79 bits per heavy atom. The van der Waals surface area contributed by atoms with Crippen molar-refractivity contribution in [1.29, 1.82) is 0 Å². The van der Waals surface area contributed by atoms with Crippen molar-refractivity contribution in [3.05, 3.63) is 65.2 Å². The van der Waals surface area contributed by atoms with Gasteiger partial charge in [-0.15, -0.1) is 0 Å². The van der Waals surface area contributed by atoms with E-state index in [0.717, 1.165) is 24.9 Å². The molecule has 2 aliphatic heterocycles. The minimum Gasteiger partial charge on any atom is -0.385 e. The molecule has 4 heteroatoms. The second-order valence-electron chi connectivity index (χ2n) is 7.25. The second-order valence-corrected chi connectivity index (χ2v) is 7.25. The van der Waals surface area contributed by atoms with Gasteiger partial charge in [0, 0.05) is 29.9 Å². The second kappa shape index (κ2) is 5.94. The molecule has 1 N–H and O–H groups in total. The monoisotopic (exact) mass is 326 g/mol. The van der Waals surface area contributed by atoms with E-state index < -0.39 is 11.5 Å². The van der Waals surface area contributed by atoms with E-state index in [-0.39, 0.29) is 0 Å². The summed E-state index contributed by atoms with van der Waals surface area (Å²) in [4.78, 5) is 6.45. The fourth-order valence-corrected chi connectivity index (χ4v) is 4.61. The molecule has 2 atom stereocenters. The largest absolute Gasteiger partial charge is 0.385 e. The third-order valence-corrected chi connectivity index (χ3v) is 5.68. The Labute approximate surface area is 142 Å². The predicted molar refractivity (Wildman–Crippen MR) is 90.9 cm³/mol. The van der Waals surface area contributed by atoms with Crippen LogP contribution in [0.4, 0.5) is 4.39 Å². The number of rotatable bonds is 3. The van der Waals surface area contributed by atoms with Gasteiger partial charge in [-0.3, -0.25) is 4.90 Å². The summed E-state index contributed by atoms with van der Waals surface area (Å²) in [5.41, 5.74) is 1.83. The zero-order chi connectivity index (χ0) is 16.7. The van der Waals surface area contributed by atoms with Gasteiger partial charge in [0.2, 0.25) is 5.95 Å². The lowest BCUT2D eigenvalue weighted by molar-refractivity contribution is -0.0601. The molecule has 0 amide bonds. The normalized spacial score (nSPS) is 29.8. The number of aromatic nitrogens is 1. The Kier molecular flexibility index (Phi) is 3.89. The molecule has 126 valence electrons. The fourth-order valence-electron chi connectivity index (χ4n) is 4.61. The van der Waals surface area contributed by atoms with Crippen molar-refractivity contribution in [2.45, 2.75) is 56.8 Å². The van der Waals surface area contributed by atoms with Gasteiger partial charge in [0.25, 0.3) is 0 Å². The molecule has 3 nitrogen and oxygen atoms in total. The molecule has 0 radical (unpaired) electrons. The summed E-state index contributed by atoms with van der Waals surface area (Å²) in [6.07, 6.45) is 3.63. The van der Waals surface area contributed by atoms with E-state index >= 15 is 0 Å². The van der Waals surface area contributed by atoms with Crippen LogP contribution in [0.5, 0.6) is 0 Å². The topological polar surface area (TPSA) is 36.4 Å². The van der Waals surface area contributed by atoms with Crippen molar-refractivity contribution in [1.82, 2.24) is 9.88 Å². The zero-order valence-electron chi connectivity index (χ0n) is 14.0. The van der Waals surface area contributed by atoms with E-state index in [2.05, 4.69) is 34.1 Å². The zero-order valence-corrected chi connectivity index (χ0v) is 14.0. The van der Waals surface area contributed by atoms with Gasteiger partial charge in [0.05, 0.1) is 5.60 Å². The first-order valence-electron chi connectivity index (χ1n) is 8.71. The highest BCUT2D eigenvalue weighted by atomic mass is 19.1. The van der Waals surface area contributed by atoms with Gasteiger partial charge >= 0.3 is 0 Å². The lowest BCUT2D eigenvalue weighted by Crippen LogP contribution is -2.49. The molecule has 2 aromatic rings. The first-order chi connectivity index (χ1) is 11.5. The van der Waals surface area contributed by atoms with Crippen LogP contribution in [0.2, 0.25) is 0 Å².